The van der Waals surface area contributed by atoms with Gasteiger partial charge in [0.05, 0.1) is 14.9 Å². The Morgan fingerprint density at radius 2 is 2.12 bits per heavy atom. The monoisotopic (exact) mass is 270 g/mol. The van der Waals surface area contributed by atoms with Crippen LogP contribution in [0.25, 0.3) is 0 Å². The highest BCUT2D eigenvalue weighted by molar-refractivity contribution is 7.18. The number of nitrogens with two attached hydrogens (primary N) is 1. The lowest BCUT2D eigenvalue weighted by Gasteiger charge is -2.07. The van der Waals surface area contributed by atoms with Crippen LogP contribution in [0.15, 0.2) is 30.3 Å². The van der Waals surface area contributed by atoms with E-state index in [0.29, 0.717) is 9.21 Å². The van der Waals surface area contributed by atoms with Gasteiger partial charge in [0, 0.05) is 0 Å². The third-order valence-electron chi connectivity index (χ3n) is 2.08. The van der Waals surface area contributed by atoms with E-state index in [2.05, 4.69) is 5.32 Å². The summed E-state index contributed by atoms with van der Waals surface area (Å²) >= 11 is 6.83. The number of amides is 1. The van der Waals surface area contributed by atoms with Crippen LogP contribution in [-0.2, 0) is 0 Å². The molecule has 88 valence electrons. The summed E-state index contributed by atoms with van der Waals surface area (Å²) in [6.45, 7) is 0. The highest BCUT2D eigenvalue weighted by Gasteiger charge is 2.13. The van der Waals surface area contributed by atoms with Crippen LogP contribution in [0, 0.1) is 5.82 Å². The molecule has 0 spiro atoms. The number of anilines is 2. The first-order valence-corrected chi connectivity index (χ1v) is 5.88. The molecule has 0 aliphatic heterocycles. The summed E-state index contributed by atoms with van der Waals surface area (Å²) in [5.41, 5.74) is 5.75. The molecule has 0 aliphatic carbocycles. The lowest BCUT2D eigenvalue weighted by Crippen LogP contribution is -2.13. The second-order valence-corrected chi connectivity index (χ2v) is 4.98. The minimum Gasteiger partial charge on any atom is -0.397 e. The average molecular weight is 271 g/mol. The van der Waals surface area contributed by atoms with Crippen LogP contribution in [0.3, 0.4) is 0 Å². The average Bonchev–Trinajstić information content (AvgIpc) is 2.70. The highest BCUT2D eigenvalue weighted by atomic mass is 35.5. The summed E-state index contributed by atoms with van der Waals surface area (Å²) in [4.78, 5) is 12.2. The van der Waals surface area contributed by atoms with Crippen LogP contribution >= 0.6 is 22.9 Å². The molecule has 1 aromatic carbocycles. The van der Waals surface area contributed by atoms with E-state index in [4.69, 9.17) is 17.3 Å². The smallest absolute Gasteiger partial charge is 0.265 e. The molecule has 17 heavy (non-hydrogen) atoms. The molecule has 1 heterocycles. The summed E-state index contributed by atoms with van der Waals surface area (Å²) < 4.78 is 13.9. The quantitative estimate of drug-likeness (QED) is 0.822. The minimum atomic E-state index is -0.569. The highest BCUT2D eigenvalue weighted by Crippen LogP contribution is 2.25. The molecule has 0 bridgehead atoms. The minimum absolute atomic E-state index is 0.0120. The first-order chi connectivity index (χ1) is 8.08. The molecule has 2 rings (SSSR count). The Morgan fingerprint density at radius 1 is 1.35 bits per heavy atom. The predicted octanol–water partition coefficient (Wildman–Crippen LogP) is 3.38. The number of nitrogens with one attached hydrogen (secondary N) is 1. The summed E-state index contributed by atoms with van der Waals surface area (Å²) in [5, 5.41) is 2.42. The van der Waals surface area contributed by atoms with E-state index in [1.165, 1.54) is 18.2 Å². The molecule has 2 aromatic rings. The van der Waals surface area contributed by atoms with Crippen LogP contribution < -0.4 is 11.1 Å². The maximum atomic E-state index is 13.4. The molecule has 3 N–H and O–H groups in total. The maximum absolute atomic E-state index is 13.4. The van der Waals surface area contributed by atoms with Gasteiger partial charge in [-0.2, -0.15) is 0 Å². The number of hydrogen-bond donors (Lipinski definition) is 2. The van der Waals surface area contributed by atoms with Gasteiger partial charge in [-0.25, -0.2) is 4.39 Å². The van der Waals surface area contributed by atoms with Crippen molar-refractivity contribution < 1.29 is 9.18 Å². The Balaban J connectivity index is 2.24. The van der Waals surface area contributed by atoms with E-state index >= 15 is 0 Å². The number of rotatable bonds is 2. The van der Waals surface area contributed by atoms with E-state index in [1.54, 1.807) is 12.1 Å². The number of benzene rings is 1. The van der Waals surface area contributed by atoms with Crippen molar-refractivity contribution in [3.05, 3.63) is 45.4 Å². The molecule has 0 unspecified atom stereocenters. The third-order valence-corrected chi connectivity index (χ3v) is 3.31. The fraction of sp³-hybridized carbons (Fsp3) is 0. The molecule has 0 atom stereocenters. The van der Waals surface area contributed by atoms with E-state index < -0.39 is 11.7 Å². The SMILES string of the molecule is Nc1cccc(F)c1NC(=O)c1ccc(Cl)s1. The molecule has 0 aliphatic rings. The standard InChI is InChI=1S/C11H8ClFN2OS/c12-9-5-4-8(17-9)11(16)15-10-6(13)2-1-3-7(10)14/h1-5H,14H2,(H,15,16). The van der Waals surface area contributed by atoms with Crippen LogP contribution in [0.4, 0.5) is 15.8 Å². The van der Waals surface area contributed by atoms with Crippen molar-refractivity contribution in [1.29, 1.82) is 0 Å². The number of nitrogen functional groups attached to an aromatic ring is 1. The summed E-state index contributed by atoms with van der Waals surface area (Å²) in [5.74, 6) is -1.00. The molecule has 0 fully saturated rings. The van der Waals surface area contributed by atoms with Crippen molar-refractivity contribution in [2.45, 2.75) is 0 Å². The van der Waals surface area contributed by atoms with Gasteiger partial charge in [-0.1, -0.05) is 17.7 Å². The van der Waals surface area contributed by atoms with Crippen LogP contribution in [-0.4, -0.2) is 5.91 Å². The zero-order chi connectivity index (χ0) is 12.4. The zero-order valence-corrected chi connectivity index (χ0v) is 10.1. The number of carbonyl (C=O) groups excluding carboxylic acids is 1. The molecule has 3 nitrogen and oxygen atoms in total. The molecule has 0 saturated carbocycles. The van der Waals surface area contributed by atoms with Gasteiger partial charge >= 0.3 is 0 Å². The molecule has 6 heteroatoms. The van der Waals surface area contributed by atoms with Crippen LogP contribution in [0.1, 0.15) is 9.67 Å². The van der Waals surface area contributed by atoms with Gasteiger partial charge in [-0.05, 0) is 24.3 Å². The van der Waals surface area contributed by atoms with Gasteiger partial charge in [0.25, 0.3) is 5.91 Å². The summed E-state index contributed by atoms with van der Waals surface area (Å²) in [6, 6.07) is 7.39. The van der Waals surface area contributed by atoms with Crippen molar-refractivity contribution in [2.75, 3.05) is 11.1 Å². The van der Waals surface area contributed by atoms with Gasteiger partial charge in [0.15, 0.2) is 0 Å². The summed E-state index contributed by atoms with van der Waals surface area (Å²) in [7, 11) is 0. The fourth-order valence-electron chi connectivity index (χ4n) is 1.28. The van der Waals surface area contributed by atoms with E-state index in [-0.39, 0.29) is 11.4 Å². The second-order valence-electron chi connectivity index (χ2n) is 3.26. The molecular formula is C11H8ClFN2OS. The third kappa shape index (κ3) is 2.57. The molecular weight excluding hydrogens is 263 g/mol. The van der Waals surface area contributed by atoms with Crippen molar-refractivity contribution in [1.82, 2.24) is 0 Å². The van der Waals surface area contributed by atoms with E-state index in [0.717, 1.165) is 11.3 Å². The van der Waals surface area contributed by atoms with Gasteiger partial charge in [-0.15, -0.1) is 11.3 Å². The van der Waals surface area contributed by atoms with Crippen molar-refractivity contribution in [2.24, 2.45) is 0 Å². The lowest BCUT2D eigenvalue weighted by molar-refractivity contribution is 0.103. The molecule has 0 radical (unpaired) electrons. The molecule has 1 aromatic heterocycles. The van der Waals surface area contributed by atoms with Crippen molar-refractivity contribution >= 4 is 40.2 Å². The van der Waals surface area contributed by atoms with Gasteiger partial charge < -0.3 is 11.1 Å². The first kappa shape index (κ1) is 11.9. The lowest BCUT2D eigenvalue weighted by atomic mass is 10.2. The van der Waals surface area contributed by atoms with Crippen molar-refractivity contribution in [3.63, 3.8) is 0 Å². The Kier molecular flexibility index (Phi) is 3.31. The normalized spacial score (nSPS) is 10.2. The maximum Gasteiger partial charge on any atom is 0.265 e. The van der Waals surface area contributed by atoms with Crippen LogP contribution in [0.2, 0.25) is 4.34 Å². The fourth-order valence-corrected chi connectivity index (χ4v) is 2.22. The van der Waals surface area contributed by atoms with Crippen molar-refractivity contribution in [3.8, 4) is 0 Å². The largest absolute Gasteiger partial charge is 0.397 e. The van der Waals surface area contributed by atoms with Gasteiger partial charge in [0.2, 0.25) is 0 Å². The predicted molar refractivity (Wildman–Crippen MR) is 68.1 cm³/mol. The zero-order valence-electron chi connectivity index (χ0n) is 8.54. The Hall–Kier alpha value is -1.59. The Labute approximate surface area is 106 Å². The van der Waals surface area contributed by atoms with Gasteiger partial charge in [0.1, 0.15) is 11.5 Å². The number of halogens is 2. The number of hydrogen-bond acceptors (Lipinski definition) is 3. The number of carbonyl (C=O) groups is 1. The van der Waals surface area contributed by atoms with Crippen LogP contribution in [0.5, 0.6) is 0 Å². The number of thiophene rings is 1. The van der Waals surface area contributed by atoms with Gasteiger partial charge in [-0.3, -0.25) is 4.79 Å². The molecule has 1 amide bonds. The van der Waals surface area contributed by atoms with E-state index in [9.17, 15) is 9.18 Å². The van der Waals surface area contributed by atoms with E-state index in [1.807, 2.05) is 0 Å². The second kappa shape index (κ2) is 4.73. The summed E-state index contributed by atoms with van der Waals surface area (Å²) in [6.07, 6.45) is 0. The topological polar surface area (TPSA) is 55.1 Å². The number of para-hydroxylation sites is 1. The Bertz CT molecular complexity index is 550. The Morgan fingerprint density at radius 3 is 2.71 bits per heavy atom. The molecule has 0 saturated heterocycles. The first-order valence-electron chi connectivity index (χ1n) is 4.68.